The molecule has 1 nitrogen and oxygen atoms in total. The second-order valence-electron chi connectivity index (χ2n) is 6.36. The van der Waals surface area contributed by atoms with Crippen LogP contribution in [0, 0.1) is 17.7 Å². The van der Waals surface area contributed by atoms with E-state index in [1.54, 1.807) is 12.1 Å². The number of rotatable bonds is 4. The highest BCUT2D eigenvalue weighted by Gasteiger charge is 2.25. The Kier molecular flexibility index (Phi) is 4.98. The van der Waals surface area contributed by atoms with E-state index in [2.05, 4.69) is 26.1 Å². The fourth-order valence-electron chi connectivity index (χ4n) is 3.13. The first-order valence-corrected chi connectivity index (χ1v) is 7.55. The highest BCUT2D eigenvalue weighted by Crippen LogP contribution is 2.29. The van der Waals surface area contributed by atoms with Crippen molar-refractivity contribution in [2.45, 2.75) is 58.5 Å². The maximum Gasteiger partial charge on any atom is 0.123 e. The summed E-state index contributed by atoms with van der Waals surface area (Å²) in [5.74, 6) is 1.54. The van der Waals surface area contributed by atoms with Gasteiger partial charge in [-0.25, -0.2) is 4.39 Å². The lowest BCUT2D eigenvalue weighted by molar-refractivity contribution is 0.217. The topological polar surface area (TPSA) is 12.0 Å². The summed E-state index contributed by atoms with van der Waals surface area (Å²) in [6.07, 6.45) is 4.89. The molecule has 0 spiro atoms. The van der Waals surface area contributed by atoms with Crippen LogP contribution in [-0.2, 0) is 6.42 Å². The molecule has 19 heavy (non-hydrogen) atoms. The summed E-state index contributed by atoms with van der Waals surface area (Å²) >= 11 is 0. The van der Waals surface area contributed by atoms with Crippen molar-refractivity contribution < 1.29 is 4.39 Å². The summed E-state index contributed by atoms with van der Waals surface area (Å²) in [6.45, 7) is 6.96. The van der Waals surface area contributed by atoms with Gasteiger partial charge in [-0.05, 0) is 62.1 Å². The molecule has 0 aromatic heterocycles. The molecule has 1 fully saturated rings. The van der Waals surface area contributed by atoms with Crippen LogP contribution in [0.1, 0.15) is 45.6 Å². The van der Waals surface area contributed by atoms with Gasteiger partial charge in [0.05, 0.1) is 0 Å². The number of benzene rings is 1. The van der Waals surface area contributed by atoms with Gasteiger partial charge in [0, 0.05) is 12.1 Å². The number of halogens is 1. The Morgan fingerprint density at radius 2 is 1.84 bits per heavy atom. The number of hydrogen-bond donors (Lipinski definition) is 1. The normalized spacial score (nSPS) is 29.2. The van der Waals surface area contributed by atoms with Crippen molar-refractivity contribution in [3.8, 4) is 0 Å². The standard InChI is InChI=1S/C17H26FN/c1-12-4-9-17(10-13(12)2)19-14(3)11-15-5-7-16(18)8-6-15/h5-8,12-14,17,19H,4,9-11H2,1-3H3. The first-order valence-electron chi connectivity index (χ1n) is 7.55. The number of nitrogens with one attached hydrogen (secondary N) is 1. The van der Waals surface area contributed by atoms with E-state index in [0.717, 1.165) is 18.3 Å². The van der Waals surface area contributed by atoms with Gasteiger partial charge < -0.3 is 5.32 Å². The summed E-state index contributed by atoms with van der Waals surface area (Å²) in [6, 6.07) is 7.98. The van der Waals surface area contributed by atoms with Crippen LogP contribution < -0.4 is 5.32 Å². The Morgan fingerprint density at radius 3 is 2.47 bits per heavy atom. The van der Waals surface area contributed by atoms with Crippen LogP contribution in [0.5, 0.6) is 0 Å². The summed E-state index contributed by atoms with van der Waals surface area (Å²) in [7, 11) is 0. The average molecular weight is 263 g/mol. The third-order valence-corrected chi connectivity index (χ3v) is 4.57. The van der Waals surface area contributed by atoms with Crippen LogP contribution in [0.4, 0.5) is 4.39 Å². The molecule has 0 radical (unpaired) electrons. The first kappa shape index (κ1) is 14.5. The Balaban J connectivity index is 1.81. The van der Waals surface area contributed by atoms with E-state index in [-0.39, 0.29) is 5.82 Å². The van der Waals surface area contributed by atoms with Crippen molar-refractivity contribution in [2.75, 3.05) is 0 Å². The molecule has 0 aliphatic heterocycles. The van der Waals surface area contributed by atoms with Gasteiger partial charge in [-0.3, -0.25) is 0 Å². The van der Waals surface area contributed by atoms with Crippen LogP contribution in [0.3, 0.4) is 0 Å². The quantitative estimate of drug-likeness (QED) is 0.859. The van der Waals surface area contributed by atoms with Gasteiger partial charge in [-0.1, -0.05) is 26.0 Å². The predicted octanol–water partition coefficient (Wildman–Crippen LogP) is 4.17. The van der Waals surface area contributed by atoms with Gasteiger partial charge in [0.15, 0.2) is 0 Å². The third kappa shape index (κ3) is 4.31. The van der Waals surface area contributed by atoms with Crippen molar-refractivity contribution in [1.29, 1.82) is 0 Å². The molecule has 106 valence electrons. The zero-order chi connectivity index (χ0) is 13.8. The van der Waals surface area contributed by atoms with Gasteiger partial charge >= 0.3 is 0 Å². The van der Waals surface area contributed by atoms with Crippen molar-refractivity contribution in [2.24, 2.45) is 11.8 Å². The molecule has 4 atom stereocenters. The van der Waals surface area contributed by atoms with Crippen LogP contribution >= 0.6 is 0 Å². The minimum absolute atomic E-state index is 0.153. The highest BCUT2D eigenvalue weighted by atomic mass is 19.1. The second-order valence-corrected chi connectivity index (χ2v) is 6.36. The SMILES string of the molecule is CC(Cc1ccc(F)cc1)NC1CCC(C)C(C)C1. The first-order chi connectivity index (χ1) is 9.04. The van der Waals surface area contributed by atoms with Gasteiger partial charge in [-0.2, -0.15) is 0 Å². The minimum atomic E-state index is -0.153. The fraction of sp³-hybridized carbons (Fsp3) is 0.647. The summed E-state index contributed by atoms with van der Waals surface area (Å²) < 4.78 is 12.9. The number of hydrogen-bond acceptors (Lipinski definition) is 1. The molecule has 0 heterocycles. The van der Waals surface area contributed by atoms with E-state index in [4.69, 9.17) is 0 Å². The van der Waals surface area contributed by atoms with Crippen LogP contribution in [0.2, 0.25) is 0 Å². The zero-order valence-electron chi connectivity index (χ0n) is 12.3. The van der Waals surface area contributed by atoms with E-state index in [1.807, 2.05) is 12.1 Å². The van der Waals surface area contributed by atoms with E-state index >= 15 is 0 Å². The molecule has 1 N–H and O–H groups in total. The van der Waals surface area contributed by atoms with Gasteiger partial charge in [-0.15, -0.1) is 0 Å². The van der Waals surface area contributed by atoms with Crippen molar-refractivity contribution in [3.05, 3.63) is 35.6 Å². The zero-order valence-corrected chi connectivity index (χ0v) is 12.3. The molecule has 2 rings (SSSR count). The average Bonchev–Trinajstić information content (AvgIpc) is 2.37. The largest absolute Gasteiger partial charge is 0.311 e. The Morgan fingerprint density at radius 1 is 1.16 bits per heavy atom. The highest BCUT2D eigenvalue weighted by molar-refractivity contribution is 5.17. The lowest BCUT2D eigenvalue weighted by atomic mass is 9.79. The Labute approximate surface area is 116 Å². The third-order valence-electron chi connectivity index (χ3n) is 4.57. The van der Waals surface area contributed by atoms with E-state index in [9.17, 15) is 4.39 Å². The van der Waals surface area contributed by atoms with E-state index in [1.165, 1.54) is 24.8 Å². The molecule has 1 saturated carbocycles. The van der Waals surface area contributed by atoms with Gasteiger partial charge in [0.1, 0.15) is 5.82 Å². The van der Waals surface area contributed by atoms with Crippen molar-refractivity contribution in [3.63, 3.8) is 0 Å². The second kappa shape index (κ2) is 6.51. The van der Waals surface area contributed by atoms with Crippen LogP contribution in [-0.4, -0.2) is 12.1 Å². The molecule has 0 amide bonds. The van der Waals surface area contributed by atoms with Crippen LogP contribution in [0.15, 0.2) is 24.3 Å². The molecule has 1 aliphatic rings. The van der Waals surface area contributed by atoms with Gasteiger partial charge in [0.2, 0.25) is 0 Å². The Hall–Kier alpha value is -0.890. The van der Waals surface area contributed by atoms with Crippen molar-refractivity contribution >= 4 is 0 Å². The lowest BCUT2D eigenvalue weighted by Crippen LogP contribution is -2.41. The molecule has 2 heteroatoms. The maximum atomic E-state index is 12.9. The molecule has 1 aromatic rings. The summed E-state index contributed by atoms with van der Waals surface area (Å²) in [4.78, 5) is 0. The molecular weight excluding hydrogens is 237 g/mol. The van der Waals surface area contributed by atoms with Gasteiger partial charge in [0.25, 0.3) is 0 Å². The molecule has 4 unspecified atom stereocenters. The Bertz CT molecular complexity index is 387. The van der Waals surface area contributed by atoms with E-state index < -0.39 is 0 Å². The fourth-order valence-corrected chi connectivity index (χ4v) is 3.13. The molecule has 1 aliphatic carbocycles. The predicted molar refractivity (Wildman–Crippen MR) is 78.7 cm³/mol. The van der Waals surface area contributed by atoms with Crippen molar-refractivity contribution in [1.82, 2.24) is 5.32 Å². The smallest absolute Gasteiger partial charge is 0.123 e. The van der Waals surface area contributed by atoms with Crippen LogP contribution in [0.25, 0.3) is 0 Å². The molecule has 0 bridgehead atoms. The maximum absolute atomic E-state index is 12.9. The lowest BCUT2D eigenvalue weighted by Gasteiger charge is -2.34. The minimum Gasteiger partial charge on any atom is -0.311 e. The molecule has 1 aromatic carbocycles. The molecular formula is C17H26FN. The molecule has 0 saturated heterocycles. The monoisotopic (exact) mass is 263 g/mol. The summed E-state index contributed by atoms with van der Waals surface area (Å²) in [5.41, 5.74) is 1.21. The summed E-state index contributed by atoms with van der Waals surface area (Å²) in [5, 5.41) is 3.74. The van der Waals surface area contributed by atoms with E-state index in [0.29, 0.717) is 12.1 Å².